The number of rotatable bonds is 7. The summed E-state index contributed by atoms with van der Waals surface area (Å²) in [4.78, 5) is 20.8. The van der Waals surface area contributed by atoms with Crippen LogP contribution in [-0.4, -0.2) is 80.1 Å². The molecule has 2 N–H and O–H groups in total. The Morgan fingerprint density at radius 3 is 2.61 bits per heavy atom. The summed E-state index contributed by atoms with van der Waals surface area (Å²) in [6.45, 7) is 8.76. The number of benzene rings is 1. The van der Waals surface area contributed by atoms with Crippen molar-refractivity contribution in [2.45, 2.75) is 38.8 Å². The predicted molar refractivity (Wildman–Crippen MR) is 112 cm³/mol. The van der Waals surface area contributed by atoms with Crippen molar-refractivity contribution in [2.75, 3.05) is 46.3 Å². The normalized spacial score (nSPS) is 19.2. The van der Waals surface area contributed by atoms with Gasteiger partial charge in [-0.25, -0.2) is 0 Å². The molecule has 154 valence electrons. The molecule has 7 heteroatoms. The van der Waals surface area contributed by atoms with Crippen LogP contribution in [0.15, 0.2) is 29.3 Å². The van der Waals surface area contributed by atoms with Gasteiger partial charge in [0.1, 0.15) is 11.9 Å². The Kier molecular flexibility index (Phi) is 7.14. The molecule has 2 aliphatic rings. The van der Waals surface area contributed by atoms with Crippen molar-refractivity contribution in [3.63, 3.8) is 0 Å². The summed E-state index contributed by atoms with van der Waals surface area (Å²) < 4.78 is 6.04. The first-order valence-corrected chi connectivity index (χ1v) is 10.2. The first kappa shape index (κ1) is 20.5. The molecule has 1 amide bonds. The van der Waals surface area contributed by atoms with Crippen molar-refractivity contribution in [2.24, 2.45) is 4.99 Å². The molecule has 2 fully saturated rings. The van der Waals surface area contributed by atoms with E-state index in [4.69, 9.17) is 4.74 Å². The van der Waals surface area contributed by atoms with Crippen molar-refractivity contribution >= 4 is 11.9 Å². The highest BCUT2D eigenvalue weighted by Crippen LogP contribution is 2.18. The minimum atomic E-state index is 0.0326. The van der Waals surface area contributed by atoms with Gasteiger partial charge in [-0.1, -0.05) is 18.2 Å². The second kappa shape index (κ2) is 9.78. The molecule has 1 aromatic rings. The van der Waals surface area contributed by atoms with Gasteiger partial charge in [0.05, 0.1) is 13.1 Å². The molecule has 0 radical (unpaired) electrons. The lowest BCUT2D eigenvalue weighted by Crippen LogP contribution is -2.54. The standard InChI is InChI=1S/C21H33N5O2/c1-16-6-4-5-7-19(16)28-17(2)14-23-21(22-3)26-12-10-25(11-13-26)15-20(27)24-18-8-9-18/h4-7,17-18H,8-15H2,1-3H3,(H,22,23)(H,24,27). The number of aliphatic imine (C=N–C) groups is 1. The van der Waals surface area contributed by atoms with Crippen LogP contribution in [0.2, 0.25) is 0 Å². The lowest BCUT2D eigenvalue weighted by Gasteiger charge is -2.36. The van der Waals surface area contributed by atoms with E-state index in [9.17, 15) is 4.79 Å². The van der Waals surface area contributed by atoms with Crippen LogP contribution in [0.25, 0.3) is 0 Å². The number of nitrogens with one attached hydrogen (secondary N) is 2. The van der Waals surface area contributed by atoms with E-state index >= 15 is 0 Å². The maximum Gasteiger partial charge on any atom is 0.234 e. The van der Waals surface area contributed by atoms with Crippen LogP contribution in [0, 0.1) is 6.92 Å². The first-order chi connectivity index (χ1) is 13.5. The molecule has 3 rings (SSSR count). The summed E-state index contributed by atoms with van der Waals surface area (Å²) in [6, 6.07) is 8.49. The van der Waals surface area contributed by atoms with Crippen molar-refractivity contribution in [1.29, 1.82) is 0 Å². The zero-order valence-corrected chi connectivity index (χ0v) is 17.3. The number of carbonyl (C=O) groups is 1. The number of nitrogens with zero attached hydrogens (tertiary/aromatic N) is 3. The summed E-state index contributed by atoms with van der Waals surface area (Å²) in [5, 5.41) is 6.48. The van der Waals surface area contributed by atoms with E-state index in [0.717, 1.165) is 56.3 Å². The minimum Gasteiger partial charge on any atom is -0.489 e. The number of hydrogen-bond acceptors (Lipinski definition) is 4. The van der Waals surface area contributed by atoms with Gasteiger partial charge in [0.15, 0.2) is 5.96 Å². The van der Waals surface area contributed by atoms with Crippen LogP contribution in [0.1, 0.15) is 25.3 Å². The molecule has 1 heterocycles. The fourth-order valence-corrected chi connectivity index (χ4v) is 3.34. The van der Waals surface area contributed by atoms with Crippen molar-refractivity contribution in [3.05, 3.63) is 29.8 Å². The van der Waals surface area contributed by atoms with Crippen molar-refractivity contribution in [1.82, 2.24) is 20.4 Å². The number of para-hydroxylation sites is 1. The van der Waals surface area contributed by atoms with E-state index in [0.29, 0.717) is 19.1 Å². The van der Waals surface area contributed by atoms with E-state index < -0.39 is 0 Å². The van der Waals surface area contributed by atoms with Gasteiger partial charge in [0.2, 0.25) is 5.91 Å². The largest absolute Gasteiger partial charge is 0.489 e. The third-order valence-corrected chi connectivity index (χ3v) is 5.16. The topological polar surface area (TPSA) is 69.2 Å². The van der Waals surface area contributed by atoms with Crippen molar-refractivity contribution in [3.8, 4) is 5.75 Å². The van der Waals surface area contributed by atoms with Gasteiger partial charge >= 0.3 is 0 Å². The van der Waals surface area contributed by atoms with E-state index in [1.54, 1.807) is 0 Å². The number of hydrogen-bond donors (Lipinski definition) is 2. The average molecular weight is 388 g/mol. The number of aryl methyl sites for hydroxylation is 1. The summed E-state index contributed by atoms with van der Waals surface area (Å²) >= 11 is 0. The molecular formula is C21H33N5O2. The van der Waals surface area contributed by atoms with E-state index in [-0.39, 0.29) is 12.0 Å². The quantitative estimate of drug-likeness (QED) is 0.544. The molecule has 28 heavy (non-hydrogen) atoms. The summed E-state index contributed by atoms with van der Waals surface area (Å²) in [7, 11) is 1.81. The highest BCUT2D eigenvalue weighted by Gasteiger charge is 2.26. The van der Waals surface area contributed by atoms with Gasteiger partial charge in [0.25, 0.3) is 0 Å². The molecule has 1 saturated heterocycles. The monoisotopic (exact) mass is 387 g/mol. The number of carbonyl (C=O) groups excluding carboxylic acids is 1. The molecule has 1 saturated carbocycles. The van der Waals surface area contributed by atoms with E-state index in [1.807, 2.05) is 25.2 Å². The van der Waals surface area contributed by atoms with Gasteiger partial charge < -0.3 is 20.3 Å². The zero-order valence-electron chi connectivity index (χ0n) is 17.3. The molecule has 0 spiro atoms. The van der Waals surface area contributed by atoms with Crippen LogP contribution in [0.4, 0.5) is 0 Å². The number of guanidine groups is 1. The minimum absolute atomic E-state index is 0.0326. The lowest BCUT2D eigenvalue weighted by molar-refractivity contribution is -0.122. The Morgan fingerprint density at radius 1 is 1.25 bits per heavy atom. The first-order valence-electron chi connectivity index (χ1n) is 10.2. The number of ether oxygens (including phenoxy) is 1. The van der Waals surface area contributed by atoms with Crippen LogP contribution in [0.5, 0.6) is 5.75 Å². The lowest BCUT2D eigenvalue weighted by atomic mass is 10.2. The Hall–Kier alpha value is -2.28. The highest BCUT2D eigenvalue weighted by atomic mass is 16.5. The predicted octanol–water partition coefficient (Wildman–Crippen LogP) is 1.23. The zero-order chi connectivity index (χ0) is 19.9. The number of piperazine rings is 1. The molecule has 1 atom stereocenters. The molecule has 0 bridgehead atoms. The molecule has 1 aromatic carbocycles. The van der Waals surface area contributed by atoms with Crippen LogP contribution in [0.3, 0.4) is 0 Å². The van der Waals surface area contributed by atoms with E-state index in [1.165, 1.54) is 0 Å². The summed E-state index contributed by atoms with van der Waals surface area (Å²) in [6.07, 6.45) is 2.30. The van der Waals surface area contributed by atoms with E-state index in [2.05, 4.69) is 45.3 Å². The molecular weight excluding hydrogens is 354 g/mol. The fraction of sp³-hybridized carbons (Fsp3) is 0.619. The summed E-state index contributed by atoms with van der Waals surface area (Å²) in [5.74, 6) is 1.97. The molecule has 0 aromatic heterocycles. The maximum atomic E-state index is 12.0. The Bertz CT molecular complexity index is 681. The van der Waals surface area contributed by atoms with Crippen LogP contribution >= 0.6 is 0 Å². The SMILES string of the molecule is CN=C(NCC(C)Oc1ccccc1C)N1CCN(CC(=O)NC2CC2)CC1. The van der Waals surface area contributed by atoms with Crippen LogP contribution in [-0.2, 0) is 4.79 Å². The molecule has 1 aliphatic carbocycles. The smallest absolute Gasteiger partial charge is 0.234 e. The second-order valence-electron chi connectivity index (χ2n) is 7.73. The van der Waals surface area contributed by atoms with Gasteiger partial charge in [-0.15, -0.1) is 0 Å². The third kappa shape index (κ3) is 6.12. The third-order valence-electron chi connectivity index (χ3n) is 5.16. The fourth-order valence-electron chi connectivity index (χ4n) is 3.34. The maximum absolute atomic E-state index is 12.0. The van der Waals surface area contributed by atoms with Gasteiger partial charge in [-0.3, -0.25) is 14.7 Å². The van der Waals surface area contributed by atoms with Crippen LogP contribution < -0.4 is 15.4 Å². The summed E-state index contributed by atoms with van der Waals surface area (Å²) in [5.41, 5.74) is 1.14. The number of amides is 1. The molecule has 7 nitrogen and oxygen atoms in total. The average Bonchev–Trinajstić information content (AvgIpc) is 3.49. The Morgan fingerprint density at radius 2 is 1.96 bits per heavy atom. The second-order valence-corrected chi connectivity index (χ2v) is 7.73. The van der Waals surface area contributed by atoms with Gasteiger partial charge in [-0.2, -0.15) is 0 Å². The Labute approximate surface area is 168 Å². The molecule has 1 aliphatic heterocycles. The highest BCUT2D eigenvalue weighted by molar-refractivity contribution is 5.80. The molecule has 1 unspecified atom stereocenters. The van der Waals surface area contributed by atoms with Gasteiger partial charge in [0, 0.05) is 39.3 Å². The van der Waals surface area contributed by atoms with Gasteiger partial charge in [-0.05, 0) is 38.3 Å². The van der Waals surface area contributed by atoms with Crippen molar-refractivity contribution < 1.29 is 9.53 Å². The Balaban J connectivity index is 1.39.